The van der Waals surface area contributed by atoms with Crippen molar-refractivity contribution in [2.75, 3.05) is 24.5 Å². The zero-order chi connectivity index (χ0) is 19.5. The molecular formula is C17H15ClFN7O2. The van der Waals surface area contributed by atoms with E-state index < -0.39 is 0 Å². The minimum absolute atomic E-state index is 0.0450. The molecule has 0 radical (unpaired) electrons. The molecule has 0 aliphatic carbocycles. The Bertz CT molecular complexity index is 978. The van der Waals surface area contributed by atoms with E-state index in [-0.39, 0.29) is 35.9 Å². The van der Waals surface area contributed by atoms with Gasteiger partial charge in [0.25, 0.3) is 0 Å². The highest BCUT2D eigenvalue weighted by Gasteiger charge is 2.18. The average molecular weight is 404 g/mol. The van der Waals surface area contributed by atoms with Gasteiger partial charge in [0.1, 0.15) is 18.1 Å². The lowest BCUT2D eigenvalue weighted by Crippen LogP contribution is -2.48. The van der Waals surface area contributed by atoms with Crippen LogP contribution in [-0.2, 0) is 11.4 Å². The predicted octanol–water partition coefficient (Wildman–Crippen LogP) is 1.36. The smallest absolute Gasteiger partial charge is 0.239 e. The predicted molar refractivity (Wildman–Crippen MR) is 97.9 cm³/mol. The summed E-state index contributed by atoms with van der Waals surface area (Å²) in [6, 6.07) is 9.16. The number of halogens is 2. The molecule has 144 valence electrons. The number of ether oxygens (including phenoxy) is 1. The quantitative estimate of drug-likeness (QED) is 0.686. The van der Waals surface area contributed by atoms with Gasteiger partial charge in [0, 0.05) is 19.2 Å². The summed E-state index contributed by atoms with van der Waals surface area (Å²) in [6.45, 7) is 1.52. The number of benzene rings is 1. The van der Waals surface area contributed by atoms with Gasteiger partial charge in [-0.3, -0.25) is 4.79 Å². The minimum atomic E-state index is -0.352. The molecule has 3 aromatic rings. The molecule has 9 nitrogen and oxygen atoms in total. The van der Waals surface area contributed by atoms with E-state index in [1.54, 1.807) is 24.3 Å². The molecule has 0 bridgehead atoms. The third-order valence-corrected chi connectivity index (χ3v) is 4.43. The van der Waals surface area contributed by atoms with Crippen LogP contribution in [-0.4, -0.2) is 50.7 Å². The van der Waals surface area contributed by atoms with Crippen molar-refractivity contribution in [1.29, 1.82) is 0 Å². The summed E-state index contributed by atoms with van der Waals surface area (Å²) in [7, 11) is 0. The summed E-state index contributed by atoms with van der Waals surface area (Å²) in [5.74, 6) is 0.477. The second-order valence-corrected chi connectivity index (χ2v) is 6.36. The fourth-order valence-electron chi connectivity index (χ4n) is 2.73. The normalized spacial score (nSPS) is 14.1. The Kier molecular flexibility index (Phi) is 5.02. The summed E-state index contributed by atoms with van der Waals surface area (Å²) in [5, 5.41) is 18.9. The van der Waals surface area contributed by atoms with Gasteiger partial charge in [-0.25, -0.2) is 9.07 Å². The second-order valence-electron chi connectivity index (χ2n) is 6.01. The molecule has 28 heavy (non-hydrogen) atoms. The van der Waals surface area contributed by atoms with E-state index in [4.69, 9.17) is 16.3 Å². The van der Waals surface area contributed by atoms with Gasteiger partial charge >= 0.3 is 0 Å². The van der Waals surface area contributed by atoms with Gasteiger partial charge in [-0.1, -0.05) is 16.8 Å². The van der Waals surface area contributed by atoms with Crippen molar-refractivity contribution in [3.63, 3.8) is 0 Å². The summed E-state index contributed by atoms with van der Waals surface area (Å²) in [4.78, 5) is 13.3. The number of carbonyl (C=O) groups excluding carboxylic acids is 1. The SMILES string of the molecule is O=C1CN(c2ccc(OCc3c(Cl)nnn3-c3ccc(F)cc3)nn2)CCN1. The van der Waals surface area contributed by atoms with Crippen LogP contribution in [0, 0.1) is 5.82 Å². The largest absolute Gasteiger partial charge is 0.470 e. The van der Waals surface area contributed by atoms with Crippen molar-refractivity contribution in [3.05, 3.63) is 53.1 Å². The zero-order valence-electron chi connectivity index (χ0n) is 14.5. The number of hydrogen-bond donors (Lipinski definition) is 1. The highest BCUT2D eigenvalue weighted by atomic mass is 35.5. The highest BCUT2D eigenvalue weighted by Crippen LogP contribution is 2.20. The lowest BCUT2D eigenvalue weighted by Gasteiger charge is -2.26. The Morgan fingerprint density at radius 3 is 2.68 bits per heavy atom. The number of hydrogen-bond acceptors (Lipinski definition) is 7. The summed E-state index contributed by atoms with van der Waals surface area (Å²) in [6.07, 6.45) is 0. The lowest BCUT2D eigenvalue weighted by atomic mass is 10.3. The van der Waals surface area contributed by atoms with Gasteiger partial charge in [0.15, 0.2) is 11.0 Å². The molecule has 11 heteroatoms. The Morgan fingerprint density at radius 1 is 1.14 bits per heavy atom. The molecule has 1 aliphatic rings. The highest BCUT2D eigenvalue weighted by molar-refractivity contribution is 6.30. The third-order valence-electron chi connectivity index (χ3n) is 4.13. The minimum Gasteiger partial charge on any atom is -0.470 e. The summed E-state index contributed by atoms with van der Waals surface area (Å²) in [5.41, 5.74) is 1.09. The van der Waals surface area contributed by atoms with Crippen LogP contribution in [0.5, 0.6) is 5.88 Å². The van der Waals surface area contributed by atoms with Crippen molar-refractivity contribution in [3.8, 4) is 11.6 Å². The second kappa shape index (κ2) is 7.77. The van der Waals surface area contributed by atoms with E-state index in [0.717, 1.165) is 0 Å². The molecule has 1 saturated heterocycles. The van der Waals surface area contributed by atoms with Crippen LogP contribution in [0.2, 0.25) is 5.15 Å². The van der Waals surface area contributed by atoms with E-state index in [0.29, 0.717) is 30.3 Å². The molecule has 1 amide bonds. The Labute approximate surface area is 164 Å². The van der Waals surface area contributed by atoms with Gasteiger partial charge in [0.2, 0.25) is 11.8 Å². The molecule has 4 rings (SSSR count). The van der Waals surface area contributed by atoms with E-state index in [9.17, 15) is 9.18 Å². The molecule has 0 unspecified atom stereocenters. The molecule has 1 aromatic carbocycles. The fourth-order valence-corrected chi connectivity index (χ4v) is 2.90. The first-order valence-electron chi connectivity index (χ1n) is 8.44. The number of carbonyl (C=O) groups is 1. The fraction of sp³-hybridized carbons (Fsp3) is 0.235. The lowest BCUT2D eigenvalue weighted by molar-refractivity contribution is -0.120. The van der Waals surface area contributed by atoms with Crippen LogP contribution < -0.4 is 15.0 Å². The van der Waals surface area contributed by atoms with Crippen LogP contribution in [0.15, 0.2) is 36.4 Å². The topological polar surface area (TPSA) is 98.1 Å². The van der Waals surface area contributed by atoms with Gasteiger partial charge in [-0.15, -0.1) is 15.3 Å². The van der Waals surface area contributed by atoms with Crippen molar-refractivity contribution in [2.24, 2.45) is 0 Å². The first-order chi connectivity index (χ1) is 13.6. The molecule has 2 aromatic heterocycles. The van der Waals surface area contributed by atoms with Crippen LogP contribution in [0.1, 0.15) is 5.69 Å². The number of amides is 1. The molecule has 3 heterocycles. The molecule has 1 fully saturated rings. The number of piperazine rings is 1. The number of nitrogens with one attached hydrogen (secondary N) is 1. The van der Waals surface area contributed by atoms with Gasteiger partial charge in [-0.2, -0.15) is 0 Å². The van der Waals surface area contributed by atoms with Crippen molar-refractivity contribution >= 4 is 23.3 Å². The van der Waals surface area contributed by atoms with Crippen LogP contribution >= 0.6 is 11.6 Å². The number of nitrogens with zero attached hydrogens (tertiary/aromatic N) is 6. The number of aromatic nitrogens is 5. The number of anilines is 1. The first kappa shape index (κ1) is 18.1. The molecule has 1 N–H and O–H groups in total. The molecule has 0 saturated carbocycles. The van der Waals surface area contributed by atoms with E-state index >= 15 is 0 Å². The van der Waals surface area contributed by atoms with E-state index in [1.165, 1.54) is 16.8 Å². The maximum atomic E-state index is 13.1. The Hall–Kier alpha value is -3.27. The van der Waals surface area contributed by atoms with Gasteiger partial charge in [0.05, 0.1) is 12.2 Å². The van der Waals surface area contributed by atoms with Gasteiger partial charge in [-0.05, 0) is 30.3 Å². The standard InChI is InChI=1S/C17H15ClFN7O2/c18-17-13(26(24-23-17)12-3-1-11(19)2-4-12)10-28-16-6-5-14(21-22-16)25-8-7-20-15(27)9-25/h1-6H,7-10H2,(H,20,27). The van der Waals surface area contributed by atoms with E-state index in [1.807, 2.05) is 4.90 Å². The molecular weight excluding hydrogens is 389 g/mol. The Morgan fingerprint density at radius 2 is 1.96 bits per heavy atom. The third kappa shape index (κ3) is 3.86. The summed E-state index contributed by atoms with van der Waals surface area (Å²) >= 11 is 6.10. The first-order valence-corrected chi connectivity index (χ1v) is 8.82. The zero-order valence-corrected chi connectivity index (χ0v) is 15.3. The van der Waals surface area contributed by atoms with E-state index in [2.05, 4.69) is 25.8 Å². The van der Waals surface area contributed by atoms with Crippen molar-refractivity contribution in [2.45, 2.75) is 6.61 Å². The maximum Gasteiger partial charge on any atom is 0.239 e. The molecule has 0 spiro atoms. The van der Waals surface area contributed by atoms with Crippen LogP contribution in [0.4, 0.5) is 10.2 Å². The van der Waals surface area contributed by atoms with Crippen molar-refractivity contribution < 1.29 is 13.9 Å². The van der Waals surface area contributed by atoms with Gasteiger partial charge < -0.3 is 15.0 Å². The Balaban J connectivity index is 1.45. The van der Waals surface area contributed by atoms with Crippen molar-refractivity contribution in [1.82, 2.24) is 30.5 Å². The summed E-state index contributed by atoms with van der Waals surface area (Å²) < 4.78 is 20.2. The monoisotopic (exact) mass is 403 g/mol. The van der Waals surface area contributed by atoms with Crippen LogP contribution in [0.3, 0.4) is 0 Å². The average Bonchev–Trinajstić information content (AvgIpc) is 3.08. The molecule has 1 aliphatic heterocycles. The molecule has 0 atom stereocenters. The number of rotatable bonds is 5. The van der Waals surface area contributed by atoms with Crippen LogP contribution in [0.25, 0.3) is 5.69 Å². The maximum absolute atomic E-state index is 13.1.